The average molecular weight is 323 g/mol. The molecule has 1 heterocycles. The summed E-state index contributed by atoms with van der Waals surface area (Å²) in [5.41, 5.74) is 0.106. The number of nitrogens with one attached hydrogen (secondary N) is 1. The molecule has 1 aliphatic rings. The zero-order valence-electron chi connectivity index (χ0n) is 14.4. The monoisotopic (exact) mass is 323 g/mol. The minimum Gasteiger partial charge on any atom is -0.378 e. The second kappa shape index (κ2) is 6.66. The fourth-order valence-corrected chi connectivity index (χ4v) is 2.61. The predicted molar refractivity (Wildman–Crippen MR) is 83.8 cm³/mol. The molecule has 128 valence electrons. The van der Waals surface area contributed by atoms with Gasteiger partial charge in [0.1, 0.15) is 6.54 Å². The Labute approximate surface area is 136 Å². The SMILES string of the molecule is CCOC1CC(NC(=O)c2cn(CC(=O)N(C)C)nn2)C1(C)C. The van der Waals surface area contributed by atoms with E-state index >= 15 is 0 Å². The lowest BCUT2D eigenvalue weighted by Crippen LogP contribution is -2.62. The number of aromatic nitrogens is 3. The van der Waals surface area contributed by atoms with E-state index < -0.39 is 0 Å². The van der Waals surface area contributed by atoms with Gasteiger partial charge in [-0.3, -0.25) is 9.59 Å². The van der Waals surface area contributed by atoms with Crippen LogP contribution in [0, 0.1) is 5.41 Å². The topological polar surface area (TPSA) is 89.4 Å². The number of amides is 2. The molecule has 2 atom stereocenters. The van der Waals surface area contributed by atoms with Gasteiger partial charge in [-0.15, -0.1) is 5.10 Å². The fraction of sp³-hybridized carbons (Fsp3) is 0.733. The molecule has 1 fully saturated rings. The third-order valence-electron chi connectivity index (χ3n) is 4.42. The highest BCUT2D eigenvalue weighted by Crippen LogP contribution is 2.42. The Balaban J connectivity index is 1.92. The summed E-state index contributed by atoms with van der Waals surface area (Å²) < 4.78 is 7.02. The van der Waals surface area contributed by atoms with Crippen molar-refractivity contribution >= 4 is 11.8 Å². The molecule has 0 saturated heterocycles. The van der Waals surface area contributed by atoms with Crippen molar-refractivity contribution in [2.75, 3.05) is 20.7 Å². The van der Waals surface area contributed by atoms with Crippen LogP contribution in [-0.4, -0.2) is 64.6 Å². The van der Waals surface area contributed by atoms with E-state index in [1.807, 2.05) is 6.92 Å². The quantitative estimate of drug-likeness (QED) is 0.813. The van der Waals surface area contributed by atoms with Crippen LogP contribution < -0.4 is 5.32 Å². The van der Waals surface area contributed by atoms with Gasteiger partial charge in [-0.25, -0.2) is 4.68 Å². The van der Waals surface area contributed by atoms with Crippen molar-refractivity contribution in [3.05, 3.63) is 11.9 Å². The highest BCUT2D eigenvalue weighted by atomic mass is 16.5. The number of carbonyl (C=O) groups is 2. The van der Waals surface area contributed by atoms with Gasteiger partial charge in [-0.2, -0.15) is 0 Å². The first-order valence-electron chi connectivity index (χ1n) is 7.78. The summed E-state index contributed by atoms with van der Waals surface area (Å²) in [5, 5.41) is 10.6. The number of hydrogen-bond donors (Lipinski definition) is 1. The van der Waals surface area contributed by atoms with Gasteiger partial charge in [0.2, 0.25) is 5.91 Å². The molecule has 2 rings (SSSR count). The second-order valence-electron chi connectivity index (χ2n) is 6.62. The summed E-state index contributed by atoms with van der Waals surface area (Å²) in [6.45, 7) is 6.86. The van der Waals surface area contributed by atoms with Crippen LogP contribution in [0.3, 0.4) is 0 Å². The molecule has 0 aromatic carbocycles. The number of hydrogen-bond acceptors (Lipinski definition) is 5. The Bertz CT molecular complexity index is 581. The minimum absolute atomic E-state index is 0.0418. The van der Waals surface area contributed by atoms with Crippen LogP contribution in [0.1, 0.15) is 37.7 Å². The van der Waals surface area contributed by atoms with Crippen LogP contribution in [0.15, 0.2) is 6.20 Å². The first kappa shape index (κ1) is 17.4. The molecule has 8 nitrogen and oxygen atoms in total. The van der Waals surface area contributed by atoms with Crippen LogP contribution in [0.4, 0.5) is 0 Å². The molecular formula is C15H25N5O3. The van der Waals surface area contributed by atoms with Crippen molar-refractivity contribution in [3.63, 3.8) is 0 Å². The summed E-state index contributed by atoms with van der Waals surface area (Å²) in [7, 11) is 3.33. The van der Waals surface area contributed by atoms with Crippen LogP contribution in [0.2, 0.25) is 0 Å². The standard InChI is InChI=1S/C15H25N5O3/c1-6-23-12-7-11(15(12,2)3)16-14(22)10-8-20(18-17-10)9-13(21)19(4)5/h8,11-12H,6-7,9H2,1-5H3,(H,16,22). The average Bonchev–Trinajstić information content (AvgIpc) is 2.94. The largest absolute Gasteiger partial charge is 0.378 e. The molecule has 2 unspecified atom stereocenters. The molecule has 1 saturated carbocycles. The van der Waals surface area contributed by atoms with Gasteiger partial charge in [0.25, 0.3) is 5.91 Å². The number of rotatable bonds is 6. The molecule has 23 heavy (non-hydrogen) atoms. The smallest absolute Gasteiger partial charge is 0.273 e. The Morgan fingerprint density at radius 1 is 1.48 bits per heavy atom. The van der Waals surface area contributed by atoms with Gasteiger partial charge in [0.15, 0.2) is 5.69 Å². The summed E-state index contributed by atoms with van der Waals surface area (Å²) in [6.07, 6.45) is 2.44. The van der Waals surface area contributed by atoms with E-state index in [0.29, 0.717) is 6.61 Å². The highest BCUT2D eigenvalue weighted by Gasteiger charge is 2.49. The molecule has 0 spiro atoms. The molecule has 1 aromatic heterocycles. The van der Waals surface area contributed by atoms with Crippen LogP contribution in [0.25, 0.3) is 0 Å². The van der Waals surface area contributed by atoms with E-state index in [0.717, 1.165) is 6.42 Å². The van der Waals surface area contributed by atoms with Gasteiger partial charge in [-0.1, -0.05) is 19.1 Å². The maximum atomic E-state index is 12.3. The molecule has 1 N–H and O–H groups in total. The van der Waals surface area contributed by atoms with Gasteiger partial charge >= 0.3 is 0 Å². The fourth-order valence-electron chi connectivity index (χ4n) is 2.61. The Morgan fingerprint density at radius 2 is 2.17 bits per heavy atom. The summed E-state index contributed by atoms with van der Waals surface area (Å²) in [5.74, 6) is -0.386. The van der Waals surface area contributed by atoms with Crippen LogP contribution in [0.5, 0.6) is 0 Å². The zero-order valence-corrected chi connectivity index (χ0v) is 14.4. The molecule has 0 aliphatic heterocycles. The maximum Gasteiger partial charge on any atom is 0.273 e. The number of likely N-dealkylation sites (N-methyl/N-ethyl adjacent to an activating group) is 1. The maximum absolute atomic E-state index is 12.3. The lowest BCUT2D eigenvalue weighted by molar-refractivity contribution is -0.129. The van der Waals surface area contributed by atoms with Crippen LogP contribution in [-0.2, 0) is 16.1 Å². The molecule has 0 radical (unpaired) electrons. The Hall–Kier alpha value is -1.96. The lowest BCUT2D eigenvalue weighted by atomic mass is 9.64. The molecular weight excluding hydrogens is 298 g/mol. The van der Waals surface area contributed by atoms with Gasteiger partial charge in [0, 0.05) is 32.2 Å². The van der Waals surface area contributed by atoms with Crippen molar-refractivity contribution in [1.29, 1.82) is 0 Å². The second-order valence-corrected chi connectivity index (χ2v) is 6.62. The first-order chi connectivity index (χ1) is 10.8. The predicted octanol–water partition coefficient (Wildman–Crippen LogP) is 0.300. The van der Waals surface area contributed by atoms with Crippen molar-refractivity contribution in [2.45, 2.75) is 45.9 Å². The number of ether oxygens (including phenoxy) is 1. The van der Waals surface area contributed by atoms with E-state index in [1.165, 1.54) is 15.8 Å². The van der Waals surface area contributed by atoms with E-state index in [-0.39, 0.29) is 41.6 Å². The minimum atomic E-state index is -0.276. The lowest BCUT2D eigenvalue weighted by Gasteiger charge is -2.51. The van der Waals surface area contributed by atoms with Crippen molar-refractivity contribution in [3.8, 4) is 0 Å². The molecule has 2 amide bonds. The van der Waals surface area contributed by atoms with E-state index in [4.69, 9.17) is 4.74 Å². The summed E-state index contributed by atoms with van der Waals surface area (Å²) in [4.78, 5) is 25.4. The van der Waals surface area contributed by atoms with E-state index in [2.05, 4.69) is 29.5 Å². The zero-order chi connectivity index (χ0) is 17.2. The molecule has 8 heteroatoms. The van der Waals surface area contributed by atoms with Gasteiger partial charge in [-0.05, 0) is 13.3 Å². The summed E-state index contributed by atoms with van der Waals surface area (Å²) >= 11 is 0. The first-order valence-corrected chi connectivity index (χ1v) is 7.78. The third kappa shape index (κ3) is 3.69. The normalized spacial score (nSPS) is 22.3. The summed E-state index contributed by atoms with van der Waals surface area (Å²) in [6, 6.07) is 0.0418. The van der Waals surface area contributed by atoms with Crippen molar-refractivity contribution < 1.29 is 14.3 Å². The van der Waals surface area contributed by atoms with Crippen molar-refractivity contribution in [1.82, 2.24) is 25.2 Å². The van der Waals surface area contributed by atoms with Crippen molar-refractivity contribution in [2.24, 2.45) is 5.41 Å². The van der Waals surface area contributed by atoms with Gasteiger partial charge in [0.05, 0.1) is 12.3 Å². The van der Waals surface area contributed by atoms with E-state index in [9.17, 15) is 9.59 Å². The number of carbonyl (C=O) groups excluding carboxylic acids is 2. The third-order valence-corrected chi connectivity index (χ3v) is 4.42. The van der Waals surface area contributed by atoms with Gasteiger partial charge < -0.3 is 15.0 Å². The van der Waals surface area contributed by atoms with E-state index in [1.54, 1.807) is 14.1 Å². The molecule has 0 bridgehead atoms. The molecule has 1 aliphatic carbocycles. The Kier molecular flexibility index (Phi) is 5.03. The molecule has 1 aromatic rings. The number of nitrogens with zero attached hydrogens (tertiary/aromatic N) is 4. The Morgan fingerprint density at radius 3 is 2.74 bits per heavy atom. The van der Waals surface area contributed by atoms with Crippen LogP contribution >= 0.6 is 0 Å². The highest BCUT2D eigenvalue weighted by molar-refractivity contribution is 5.92.